The number of benzene rings is 1. The Labute approximate surface area is 206 Å². The molecule has 1 aromatic carbocycles. The highest BCUT2D eigenvalue weighted by Crippen LogP contribution is 2.61. The molecule has 0 bridgehead atoms. The van der Waals surface area contributed by atoms with Gasteiger partial charge in [0.05, 0.1) is 28.4 Å². The SMILES string of the molecule is CCOC(=O)[C@]1(N[S@@](=O)C(C)(C)C)c2cc(Br)ccc2CC12C[C@@H](C)C(OC(F)F)[C@@H](C)C2. The van der Waals surface area contributed by atoms with Crippen molar-refractivity contribution in [2.24, 2.45) is 17.3 Å². The quantitative estimate of drug-likeness (QED) is 0.477. The second-order valence-electron chi connectivity index (χ2n) is 10.4. The van der Waals surface area contributed by atoms with Gasteiger partial charge in [-0.1, -0.05) is 35.8 Å². The molecule has 2 aliphatic carbocycles. The molecule has 3 rings (SSSR count). The molecule has 0 aliphatic heterocycles. The van der Waals surface area contributed by atoms with Gasteiger partial charge in [0.1, 0.15) is 0 Å². The highest BCUT2D eigenvalue weighted by molar-refractivity contribution is 9.10. The zero-order valence-corrected chi connectivity index (χ0v) is 22.4. The molecule has 1 aromatic rings. The standard InChI is InChI=1S/C24H34BrF2NO4S/c1-7-31-20(29)24(28-33(30)22(4,5)6)18-10-17(25)9-8-16(18)13-23(24)11-14(2)19(15(3)12-23)32-21(26)27/h8-10,14-15,19,21,28H,7,11-13H2,1-6H3/t14-,15+,19?,23?,24-,33+/m1/s1. The molecule has 2 unspecified atom stereocenters. The number of rotatable bonds is 6. The van der Waals surface area contributed by atoms with Crippen LogP contribution in [0.15, 0.2) is 22.7 Å². The third-order valence-electron chi connectivity index (χ3n) is 6.99. The van der Waals surface area contributed by atoms with E-state index in [1.807, 2.05) is 52.8 Å². The predicted molar refractivity (Wildman–Crippen MR) is 128 cm³/mol. The van der Waals surface area contributed by atoms with Crippen LogP contribution >= 0.6 is 15.9 Å². The van der Waals surface area contributed by atoms with E-state index < -0.39 is 45.4 Å². The predicted octanol–water partition coefficient (Wildman–Crippen LogP) is 5.48. The first-order chi connectivity index (χ1) is 15.3. The van der Waals surface area contributed by atoms with Gasteiger partial charge in [-0.25, -0.2) is 13.7 Å². The maximum atomic E-state index is 13.9. The molecule has 1 fully saturated rings. The van der Waals surface area contributed by atoms with Gasteiger partial charge < -0.3 is 9.47 Å². The Bertz CT molecular complexity index is 910. The lowest BCUT2D eigenvalue weighted by Crippen LogP contribution is -2.64. The Hall–Kier alpha value is -0.900. The number of hydrogen-bond acceptors (Lipinski definition) is 4. The lowest BCUT2D eigenvalue weighted by Gasteiger charge is -2.52. The molecule has 1 spiro atoms. The summed E-state index contributed by atoms with van der Waals surface area (Å²) < 4.78 is 53.8. The van der Waals surface area contributed by atoms with Crippen LogP contribution < -0.4 is 4.72 Å². The number of carbonyl (C=O) groups is 1. The number of esters is 1. The Morgan fingerprint density at radius 2 is 1.88 bits per heavy atom. The van der Waals surface area contributed by atoms with Crippen molar-refractivity contribution in [1.82, 2.24) is 4.72 Å². The van der Waals surface area contributed by atoms with Gasteiger partial charge in [0, 0.05) is 9.89 Å². The summed E-state index contributed by atoms with van der Waals surface area (Å²) in [7, 11) is -1.59. The summed E-state index contributed by atoms with van der Waals surface area (Å²) in [5.74, 6) is -0.953. The summed E-state index contributed by atoms with van der Waals surface area (Å²) in [6.07, 6.45) is 0.834. The molecule has 9 heteroatoms. The summed E-state index contributed by atoms with van der Waals surface area (Å²) in [6.45, 7) is 8.37. The van der Waals surface area contributed by atoms with Gasteiger partial charge in [-0.3, -0.25) is 0 Å². The molecular formula is C24H34BrF2NO4S. The van der Waals surface area contributed by atoms with Crippen LogP contribution in [0.25, 0.3) is 0 Å². The van der Waals surface area contributed by atoms with E-state index in [-0.39, 0.29) is 18.4 Å². The molecule has 0 amide bonds. The lowest BCUT2D eigenvalue weighted by atomic mass is 9.56. The minimum absolute atomic E-state index is 0.173. The van der Waals surface area contributed by atoms with Crippen LogP contribution in [0.5, 0.6) is 0 Å². The highest BCUT2D eigenvalue weighted by Gasteiger charge is 2.66. The van der Waals surface area contributed by atoms with E-state index in [9.17, 15) is 17.8 Å². The van der Waals surface area contributed by atoms with E-state index in [0.29, 0.717) is 19.3 Å². The zero-order valence-electron chi connectivity index (χ0n) is 20.0. The van der Waals surface area contributed by atoms with Crippen molar-refractivity contribution in [2.75, 3.05) is 6.61 Å². The first-order valence-corrected chi connectivity index (χ1v) is 13.3. The van der Waals surface area contributed by atoms with Gasteiger partial charge in [0.2, 0.25) is 0 Å². The monoisotopic (exact) mass is 549 g/mol. The number of alkyl halides is 2. The van der Waals surface area contributed by atoms with Crippen molar-refractivity contribution in [3.05, 3.63) is 33.8 Å². The smallest absolute Gasteiger partial charge is 0.345 e. The van der Waals surface area contributed by atoms with Crippen LogP contribution in [-0.4, -0.2) is 34.2 Å². The fraction of sp³-hybridized carbons (Fsp3) is 0.708. The topological polar surface area (TPSA) is 64.6 Å². The van der Waals surface area contributed by atoms with Gasteiger partial charge in [0.15, 0.2) is 5.54 Å². The summed E-state index contributed by atoms with van der Waals surface area (Å²) in [5, 5.41) is 0. The molecule has 0 heterocycles. The largest absolute Gasteiger partial charge is 0.464 e. The maximum Gasteiger partial charge on any atom is 0.345 e. The molecule has 0 aromatic heterocycles. The molecule has 1 saturated carbocycles. The minimum Gasteiger partial charge on any atom is -0.464 e. The lowest BCUT2D eigenvalue weighted by molar-refractivity contribution is -0.210. The van der Waals surface area contributed by atoms with Crippen LogP contribution in [-0.2, 0) is 37.2 Å². The van der Waals surface area contributed by atoms with Crippen molar-refractivity contribution in [3.63, 3.8) is 0 Å². The summed E-state index contributed by atoms with van der Waals surface area (Å²) >= 11 is 3.52. The minimum atomic E-state index is -2.85. The molecule has 2 aliphatic rings. The van der Waals surface area contributed by atoms with E-state index in [2.05, 4.69) is 20.7 Å². The van der Waals surface area contributed by atoms with Crippen LogP contribution in [0.1, 0.15) is 65.5 Å². The van der Waals surface area contributed by atoms with Crippen molar-refractivity contribution in [3.8, 4) is 0 Å². The Morgan fingerprint density at radius 3 is 2.39 bits per heavy atom. The van der Waals surface area contributed by atoms with Gasteiger partial charge >= 0.3 is 12.6 Å². The van der Waals surface area contributed by atoms with E-state index in [4.69, 9.17) is 9.47 Å². The number of nitrogens with one attached hydrogen (secondary N) is 1. The second-order valence-corrected chi connectivity index (χ2v) is 13.3. The number of ether oxygens (including phenoxy) is 2. The molecule has 1 N–H and O–H groups in total. The van der Waals surface area contributed by atoms with Crippen molar-refractivity contribution < 1.29 is 27.3 Å². The van der Waals surface area contributed by atoms with Crippen LogP contribution in [0, 0.1) is 17.3 Å². The van der Waals surface area contributed by atoms with E-state index >= 15 is 0 Å². The van der Waals surface area contributed by atoms with E-state index in [1.165, 1.54) is 0 Å². The van der Waals surface area contributed by atoms with Gasteiger partial charge in [-0.2, -0.15) is 8.78 Å². The highest BCUT2D eigenvalue weighted by atomic mass is 79.9. The second kappa shape index (κ2) is 9.63. The summed E-state index contributed by atoms with van der Waals surface area (Å²) in [4.78, 5) is 13.9. The Balaban J connectivity index is 2.21. The Kier molecular flexibility index (Phi) is 7.79. The number of halogens is 3. The fourth-order valence-electron chi connectivity index (χ4n) is 5.84. The average Bonchev–Trinajstić information content (AvgIpc) is 2.93. The van der Waals surface area contributed by atoms with Gasteiger partial charge in [0.25, 0.3) is 0 Å². The molecule has 0 saturated heterocycles. The maximum absolute atomic E-state index is 13.9. The average molecular weight is 551 g/mol. The van der Waals surface area contributed by atoms with Crippen LogP contribution in [0.4, 0.5) is 8.78 Å². The first kappa shape index (κ1) is 26.7. The van der Waals surface area contributed by atoms with E-state index in [1.54, 1.807) is 6.92 Å². The molecular weight excluding hydrogens is 516 g/mol. The van der Waals surface area contributed by atoms with Crippen molar-refractivity contribution >= 4 is 32.9 Å². The normalized spacial score (nSPS) is 32.7. The molecule has 186 valence electrons. The van der Waals surface area contributed by atoms with Gasteiger partial charge in [-0.05, 0) is 82.1 Å². The van der Waals surface area contributed by atoms with Crippen LogP contribution in [0.3, 0.4) is 0 Å². The Morgan fingerprint density at radius 1 is 1.27 bits per heavy atom. The molecule has 0 radical (unpaired) electrons. The third kappa shape index (κ3) is 4.80. The summed E-state index contributed by atoms with van der Waals surface area (Å²) in [6, 6.07) is 5.79. The molecule has 6 atom stereocenters. The number of fused-ring (bicyclic) bond motifs is 1. The third-order valence-corrected chi connectivity index (χ3v) is 9.09. The summed E-state index contributed by atoms with van der Waals surface area (Å²) in [5.41, 5.74) is -0.374. The molecule has 33 heavy (non-hydrogen) atoms. The van der Waals surface area contributed by atoms with Crippen molar-refractivity contribution in [1.29, 1.82) is 0 Å². The number of hydrogen-bond donors (Lipinski definition) is 1. The number of carbonyl (C=O) groups excluding carboxylic acids is 1. The fourth-order valence-corrected chi connectivity index (χ4v) is 7.20. The first-order valence-electron chi connectivity index (χ1n) is 11.4. The van der Waals surface area contributed by atoms with Gasteiger partial charge in [-0.15, -0.1) is 0 Å². The van der Waals surface area contributed by atoms with Crippen LogP contribution in [0.2, 0.25) is 0 Å². The van der Waals surface area contributed by atoms with Crippen molar-refractivity contribution in [2.45, 2.75) is 83.8 Å². The molecule has 5 nitrogen and oxygen atoms in total. The zero-order chi connectivity index (χ0) is 24.8. The van der Waals surface area contributed by atoms with E-state index in [0.717, 1.165) is 15.6 Å².